The van der Waals surface area contributed by atoms with E-state index in [1.54, 1.807) is 0 Å². The number of rotatable bonds is 5. The van der Waals surface area contributed by atoms with Crippen LogP contribution < -0.4 is 5.32 Å². The Labute approximate surface area is 158 Å². The molecule has 2 N–H and O–H groups in total. The molecule has 6 heteroatoms. The first-order valence-corrected chi connectivity index (χ1v) is 8.37. The van der Waals surface area contributed by atoms with Crippen LogP contribution in [0.15, 0.2) is 0 Å². The van der Waals surface area contributed by atoms with E-state index < -0.39 is 5.97 Å². The van der Waals surface area contributed by atoms with Gasteiger partial charge in [0, 0.05) is 13.0 Å². The predicted octanol–water partition coefficient (Wildman–Crippen LogP) is 3.77. The molecule has 0 heterocycles. The van der Waals surface area contributed by atoms with Crippen molar-refractivity contribution >= 4 is 24.5 Å². The summed E-state index contributed by atoms with van der Waals surface area (Å²) >= 11 is 3.97. The minimum absolute atomic E-state index is 0. The van der Waals surface area contributed by atoms with Crippen LogP contribution in [-0.4, -0.2) is 29.3 Å². The van der Waals surface area contributed by atoms with Crippen LogP contribution in [0, 0.1) is 26.7 Å². The van der Waals surface area contributed by atoms with Gasteiger partial charge < -0.3 is 25.3 Å². The second-order valence-electron chi connectivity index (χ2n) is 5.76. The first-order chi connectivity index (χ1) is 9.63. The molecular formula is C17H33FeNO3S. The predicted molar refractivity (Wildman–Crippen MR) is 95.9 cm³/mol. The molecular weight excluding hydrogens is 354 g/mol. The van der Waals surface area contributed by atoms with E-state index in [1.165, 1.54) is 32.1 Å². The van der Waals surface area contributed by atoms with Gasteiger partial charge in [-0.1, -0.05) is 32.1 Å². The van der Waals surface area contributed by atoms with E-state index in [4.69, 9.17) is 5.11 Å². The molecule has 2 aliphatic rings. The number of carboxylic acid groups (broad SMARTS) is 1. The van der Waals surface area contributed by atoms with Crippen molar-refractivity contribution in [1.29, 1.82) is 0 Å². The fraction of sp³-hybridized carbons (Fsp3) is 0.765. The summed E-state index contributed by atoms with van der Waals surface area (Å²) in [5.74, 6) is -0.0384. The topological polar surface area (TPSA) is 66.4 Å². The zero-order valence-corrected chi connectivity index (χ0v) is 16.5. The van der Waals surface area contributed by atoms with E-state index in [9.17, 15) is 9.59 Å². The van der Waals surface area contributed by atoms with Gasteiger partial charge in [-0.25, -0.2) is 0 Å². The molecule has 2 saturated carbocycles. The van der Waals surface area contributed by atoms with Gasteiger partial charge in [0.15, 0.2) is 0 Å². The second kappa shape index (κ2) is 16.7. The van der Waals surface area contributed by atoms with Gasteiger partial charge in [0.05, 0.1) is 5.92 Å². The normalized spacial score (nSPS) is 21.6. The third kappa shape index (κ3) is 12.8. The molecule has 0 saturated heterocycles. The number of carbonyl (C=O) groups is 2. The Morgan fingerprint density at radius 2 is 1.57 bits per heavy atom. The van der Waals surface area contributed by atoms with Crippen molar-refractivity contribution in [2.24, 2.45) is 11.8 Å². The van der Waals surface area contributed by atoms with E-state index in [0.29, 0.717) is 31.1 Å². The first-order valence-electron chi connectivity index (χ1n) is 7.74. The fourth-order valence-corrected chi connectivity index (χ4v) is 3.02. The maximum atomic E-state index is 11.1. The monoisotopic (exact) mass is 387 g/mol. The van der Waals surface area contributed by atoms with Gasteiger partial charge in [-0.05, 0) is 30.9 Å². The molecule has 0 aromatic rings. The molecule has 0 spiro atoms. The Kier molecular flexibility index (Phi) is 20.0. The molecule has 0 radical (unpaired) electrons. The standard InChI is InChI=1S/C10H17NO3S.C5H10.2CH3.Fe/c12-9(3-4-15)11-6-7-1-2-8(5-7)10(13)14;1-2-4-5-3-1;;;/h7-8,15H,1-6H2,(H,11,12)(H,13,14);1-5H2;2*1H3;/q;;2*-1;+2. The molecule has 0 aromatic heterocycles. The minimum atomic E-state index is -0.709. The van der Waals surface area contributed by atoms with Crippen LogP contribution in [0.3, 0.4) is 0 Å². The summed E-state index contributed by atoms with van der Waals surface area (Å²) in [6.45, 7) is 0.608. The Morgan fingerprint density at radius 3 is 1.96 bits per heavy atom. The SMILES string of the molecule is C1CCCC1.O=C(CCS)NCC1CCC(C(=O)O)C1.[CH3-].[CH3-].[Fe+2]. The molecule has 0 bridgehead atoms. The summed E-state index contributed by atoms with van der Waals surface area (Å²) in [5, 5.41) is 11.6. The van der Waals surface area contributed by atoms with Crippen LogP contribution in [0.25, 0.3) is 0 Å². The van der Waals surface area contributed by atoms with Crippen LogP contribution in [0.2, 0.25) is 0 Å². The van der Waals surface area contributed by atoms with Gasteiger partial charge in [-0.15, -0.1) is 0 Å². The quantitative estimate of drug-likeness (QED) is 0.382. The Hall–Kier alpha value is -0.191. The fourth-order valence-electron chi connectivity index (χ4n) is 2.82. The van der Waals surface area contributed by atoms with Crippen molar-refractivity contribution in [3.05, 3.63) is 14.9 Å². The van der Waals surface area contributed by atoms with E-state index in [1.807, 2.05) is 0 Å². The van der Waals surface area contributed by atoms with Crippen molar-refractivity contribution in [1.82, 2.24) is 5.32 Å². The van der Waals surface area contributed by atoms with Crippen LogP contribution in [0.1, 0.15) is 57.8 Å². The van der Waals surface area contributed by atoms with Crippen molar-refractivity contribution in [3.8, 4) is 0 Å². The molecule has 2 atom stereocenters. The van der Waals surface area contributed by atoms with Gasteiger partial charge >= 0.3 is 23.0 Å². The molecule has 0 aliphatic heterocycles. The zero-order chi connectivity index (χ0) is 14.8. The van der Waals surface area contributed by atoms with E-state index >= 15 is 0 Å². The molecule has 0 aromatic carbocycles. The molecule has 2 rings (SSSR count). The zero-order valence-electron chi connectivity index (χ0n) is 14.5. The second-order valence-corrected chi connectivity index (χ2v) is 6.21. The van der Waals surface area contributed by atoms with Gasteiger partial charge in [-0.2, -0.15) is 12.6 Å². The number of carboxylic acids is 1. The molecule has 1 amide bonds. The smallest absolute Gasteiger partial charge is 0.481 e. The number of hydrogen-bond acceptors (Lipinski definition) is 3. The number of hydrogen-bond donors (Lipinski definition) is 3. The third-order valence-corrected chi connectivity index (χ3v) is 4.29. The summed E-state index contributed by atoms with van der Waals surface area (Å²) in [6.07, 6.45) is 10.3. The average Bonchev–Trinajstić information content (AvgIpc) is 3.11. The summed E-state index contributed by atoms with van der Waals surface area (Å²) < 4.78 is 0. The number of amides is 1. The third-order valence-electron chi connectivity index (χ3n) is 4.07. The number of aliphatic carboxylic acids is 1. The van der Waals surface area contributed by atoms with Crippen molar-refractivity contribution < 1.29 is 31.8 Å². The largest absolute Gasteiger partial charge is 2.00 e. The Bertz CT molecular complexity index is 305. The molecule has 2 aliphatic carbocycles. The van der Waals surface area contributed by atoms with E-state index in [0.717, 1.165) is 12.8 Å². The molecule has 2 unspecified atom stereocenters. The maximum absolute atomic E-state index is 11.1. The average molecular weight is 387 g/mol. The van der Waals surface area contributed by atoms with Gasteiger partial charge in [0.1, 0.15) is 0 Å². The van der Waals surface area contributed by atoms with Crippen LogP contribution in [0.4, 0.5) is 0 Å². The summed E-state index contributed by atoms with van der Waals surface area (Å²) in [6, 6.07) is 0. The van der Waals surface area contributed by atoms with Gasteiger partial charge in [0.2, 0.25) is 5.91 Å². The molecule has 23 heavy (non-hydrogen) atoms. The van der Waals surface area contributed by atoms with Crippen molar-refractivity contribution in [2.45, 2.75) is 57.8 Å². The van der Waals surface area contributed by atoms with Gasteiger partial charge in [-0.3, -0.25) is 9.59 Å². The molecule has 4 nitrogen and oxygen atoms in total. The number of thiol groups is 1. The maximum Gasteiger partial charge on any atom is 2.00 e. The summed E-state index contributed by atoms with van der Waals surface area (Å²) in [7, 11) is 0. The van der Waals surface area contributed by atoms with Crippen LogP contribution in [0.5, 0.6) is 0 Å². The Morgan fingerprint density at radius 1 is 1.04 bits per heavy atom. The van der Waals surface area contributed by atoms with Crippen LogP contribution in [-0.2, 0) is 26.7 Å². The molecule has 2 fully saturated rings. The number of nitrogens with one attached hydrogen (secondary N) is 1. The first kappa shape index (κ1) is 27.6. The van der Waals surface area contributed by atoms with E-state index in [2.05, 4.69) is 17.9 Å². The molecule has 138 valence electrons. The minimum Gasteiger partial charge on any atom is -0.481 e. The number of carbonyl (C=O) groups excluding carboxylic acids is 1. The van der Waals surface area contributed by atoms with Crippen LogP contribution >= 0.6 is 12.6 Å². The van der Waals surface area contributed by atoms with E-state index in [-0.39, 0.29) is 43.7 Å². The van der Waals surface area contributed by atoms with Gasteiger partial charge in [0.25, 0.3) is 0 Å². The Balaban J connectivity index is -0.000000431. The van der Waals surface area contributed by atoms with Crippen molar-refractivity contribution in [2.75, 3.05) is 12.3 Å². The summed E-state index contributed by atoms with van der Waals surface area (Å²) in [5.41, 5.74) is 0. The summed E-state index contributed by atoms with van der Waals surface area (Å²) in [4.78, 5) is 21.8. The van der Waals surface area contributed by atoms with Crippen molar-refractivity contribution in [3.63, 3.8) is 0 Å².